The Morgan fingerprint density at radius 2 is 1.62 bits per heavy atom. The van der Waals surface area contributed by atoms with Crippen LogP contribution in [-0.2, 0) is 0 Å². The predicted molar refractivity (Wildman–Crippen MR) is 96.9 cm³/mol. The summed E-state index contributed by atoms with van der Waals surface area (Å²) < 4.78 is 3.62. The van der Waals surface area contributed by atoms with Crippen LogP contribution >= 0.6 is 27.3 Å². The third kappa shape index (κ3) is 2.04. The summed E-state index contributed by atoms with van der Waals surface area (Å²) in [4.78, 5) is 0. The molecule has 0 radical (unpaired) electrons. The summed E-state index contributed by atoms with van der Waals surface area (Å²) in [6, 6.07) is 21.1. The van der Waals surface area contributed by atoms with Gasteiger partial charge in [0.1, 0.15) is 0 Å². The van der Waals surface area contributed by atoms with Crippen molar-refractivity contribution >= 4 is 53.1 Å². The van der Waals surface area contributed by atoms with E-state index in [0.717, 1.165) is 15.7 Å². The molecule has 4 aromatic rings. The minimum absolute atomic E-state index is 0.800. The van der Waals surface area contributed by atoms with Crippen molar-refractivity contribution in [2.75, 3.05) is 5.73 Å². The molecule has 1 aromatic heterocycles. The first-order valence-electron chi connectivity index (χ1n) is 6.70. The normalized spacial score (nSPS) is 11.3. The minimum atomic E-state index is 0.800. The van der Waals surface area contributed by atoms with Gasteiger partial charge in [0.15, 0.2) is 0 Å². The number of rotatable bonds is 1. The lowest BCUT2D eigenvalue weighted by Crippen LogP contribution is -1.89. The molecule has 0 amide bonds. The van der Waals surface area contributed by atoms with Crippen LogP contribution in [0.3, 0.4) is 0 Å². The smallest absolute Gasteiger partial charge is 0.0434 e. The van der Waals surface area contributed by atoms with Gasteiger partial charge >= 0.3 is 0 Å². The molecular weight excluding hydrogens is 342 g/mol. The maximum Gasteiger partial charge on any atom is 0.0434 e. The van der Waals surface area contributed by atoms with Gasteiger partial charge in [-0.05, 0) is 18.2 Å². The fourth-order valence-electron chi connectivity index (χ4n) is 2.74. The van der Waals surface area contributed by atoms with E-state index in [2.05, 4.69) is 64.5 Å². The molecule has 0 fully saturated rings. The second-order valence-electron chi connectivity index (χ2n) is 5.01. The Kier molecular flexibility index (Phi) is 2.98. The first-order chi connectivity index (χ1) is 10.2. The highest BCUT2D eigenvalue weighted by molar-refractivity contribution is 9.10. The third-order valence-corrected chi connectivity index (χ3v) is 5.42. The molecule has 3 heteroatoms. The van der Waals surface area contributed by atoms with Crippen molar-refractivity contribution in [3.05, 3.63) is 65.1 Å². The summed E-state index contributed by atoms with van der Waals surface area (Å²) in [5.74, 6) is 0. The van der Waals surface area contributed by atoms with E-state index in [1.807, 2.05) is 23.5 Å². The number of hydrogen-bond donors (Lipinski definition) is 1. The van der Waals surface area contributed by atoms with Gasteiger partial charge in [-0.3, -0.25) is 0 Å². The van der Waals surface area contributed by atoms with Gasteiger partial charge in [-0.25, -0.2) is 0 Å². The quantitative estimate of drug-likeness (QED) is 0.413. The Hall–Kier alpha value is -1.84. The number of fused-ring (bicyclic) bond motifs is 3. The first kappa shape index (κ1) is 12.9. The second-order valence-corrected chi connectivity index (χ2v) is 6.98. The number of hydrogen-bond acceptors (Lipinski definition) is 2. The standard InChI is InChI=1S/C18H12BrNS/c19-11-8-9-12(16(20)10-11)14-5-3-6-15-13-4-1-2-7-17(13)21-18(14)15/h1-10H,20H2. The van der Waals surface area contributed by atoms with Crippen molar-refractivity contribution in [2.45, 2.75) is 0 Å². The van der Waals surface area contributed by atoms with Gasteiger partial charge in [-0.2, -0.15) is 0 Å². The molecule has 3 aromatic carbocycles. The molecule has 0 aliphatic carbocycles. The molecule has 0 unspecified atom stereocenters. The highest BCUT2D eigenvalue weighted by Gasteiger charge is 2.11. The van der Waals surface area contributed by atoms with Crippen molar-refractivity contribution in [1.29, 1.82) is 0 Å². The van der Waals surface area contributed by atoms with Crippen molar-refractivity contribution in [1.82, 2.24) is 0 Å². The van der Waals surface area contributed by atoms with Gasteiger partial charge in [-0.1, -0.05) is 58.4 Å². The van der Waals surface area contributed by atoms with Crippen LogP contribution in [0.25, 0.3) is 31.3 Å². The summed E-state index contributed by atoms with van der Waals surface area (Å²) >= 11 is 5.30. The van der Waals surface area contributed by atoms with Gasteiger partial charge in [0.2, 0.25) is 0 Å². The van der Waals surface area contributed by atoms with E-state index in [9.17, 15) is 0 Å². The summed E-state index contributed by atoms with van der Waals surface area (Å²) in [5, 5.41) is 2.62. The minimum Gasteiger partial charge on any atom is -0.398 e. The Labute approximate surface area is 135 Å². The van der Waals surface area contributed by atoms with Gasteiger partial charge in [0, 0.05) is 41.5 Å². The predicted octanol–water partition coefficient (Wildman–Crippen LogP) is 6.07. The average Bonchev–Trinajstić information content (AvgIpc) is 2.86. The van der Waals surface area contributed by atoms with E-state index in [-0.39, 0.29) is 0 Å². The monoisotopic (exact) mass is 353 g/mol. The van der Waals surface area contributed by atoms with E-state index in [0.29, 0.717) is 0 Å². The fraction of sp³-hybridized carbons (Fsp3) is 0. The Morgan fingerprint density at radius 1 is 0.810 bits per heavy atom. The van der Waals surface area contributed by atoms with Crippen LogP contribution in [0.2, 0.25) is 0 Å². The molecule has 0 saturated carbocycles. The molecule has 0 bridgehead atoms. The molecule has 1 nitrogen and oxygen atoms in total. The summed E-state index contributed by atoms with van der Waals surface area (Å²) in [5.41, 5.74) is 9.31. The zero-order valence-electron chi connectivity index (χ0n) is 11.1. The summed E-state index contributed by atoms with van der Waals surface area (Å²) in [6.07, 6.45) is 0. The Bertz CT molecular complexity index is 971. The van der Waals surface area contributed by atoms with Gasteiger partial charge in [0.05, 0.1) is 0 Å². The lowest BCUT2D eigenvalue weighted by molar-refractivity contribution is 1.62. The number of benzene rings is 3. The van der Waals surface area contributed by atoms with Gasteiger partial charge in [0.25, 0.3) is 0 Å². The van der Waals surface area contributed by atoms with Crippen molar-refractivity contribution < 1.29 is 0 Å². The summed E-state index contributed by atoms with van der Waals surface area (Å²) in [7, 11) is 0. The Balaban J connectivity index is 2.09. The van der Waals surface area contributed by atoms with E-state index < -0.39 is 0 Å². The second kappa shape index (κ2) is 4.86. The molecule has 0 aliphatic heterocycles. The average molecular weight is 354 g/mol. The maximum atomic E-state index is 6.21. The molecule has 4 rings (SSSR count). The van der Waals surface area contributed by atoms with Crippen molar-refractivity contribution in [2.24, 2.45) is 0 Å². The third-order valence-electron chi connectivity index (χ3n) is 3.71. The van der Waals surface area contributed by atoms with Crippen LogP contribution in [0, 0.1) is 0 Å². The van der Waals surface area contributed by atoms with E-state index in [1.54, 1.807) is 0 Å². The van der Waals surface area contributed by atoms with Crippen LogP contribution in [-0.4, -0.2) is 0 Å². The SMILES string of the molecule is Nc1cc(Br)ccc1-c1cccc2c1sc1ccccc12. The Morgan fingerprint density at radius 3 is 2.48 bits per heavy atom. The molecular formula is C18H12BrNS. The van der Waals surface area contributed by atoms with Crippen molar-refractivity contribution in [3.63, 3.8) is 0 Å². The largest absolute Gasteiger partial charge is 0.398 e. The van der Waals surface area contributed by atoms with E-state index >= 15 is 0 Å². The van der Waals surface area contributed by atoms with Crippen LogP contribution < -0.4 is 5.73 Å². The molecule has 0 atom stereocenters. The van der Waals surface area contributed by atoms with Gasteiger partial charge < -0.3 is 5.73 Å². The number of halogens is 1. The maximum absolute atomic E-state index is 6.21. The van der Waals surface area contributed by atoms with Gasteiger partial charge in [-0.15, -0.1) is 11.3 Å². The van der Waals surface area contributed by atoms with E-state index in [4.69, 9.17) is 5.73 Å². The zero-order valence-corrected chi connectivity index (χ0v) is 13.5. The fourth-order valence-corrected chi connectivity index (χ4v) is 4.35. The zero-order chi connectivity index (χ0) is 14.4. The molecule has 2 N–H and O–H groups in total. The van der Waals surface area contributed by atoms with Crippen LogP contribution in [0.15, 0.2) is 65.1 Å². The first-order valence-corrected chi connectivity index (χ1v) is 8.30. The molecule has 0 aliphatic rings. The lowest BCUT2D eigenvalue weighted by Gasteiger charge is -2.07. The molecule has 21 heavy (non-hydrogen) atoms. The van der Waals surface area contributed by atoms with Crippen LogP contribution in [0.1, 0.15) is 0 Å². The van der Waals surface area contributed by atoms with Crippen molar-refractivity contribution in [3.8, 4) is 11.1 Å². The molecule has 102 valence electrons. The molecule has 1 heterocycles. The van der Waals surface area contributed by atoms with E-state index in [1.165, 1.54) is 25.7 Å². The number of thiophene rings is 1. The number of anilines is 1. The van der Waals surface area contributed by atoms with Crippen LogP contribution in [0.5, 0.6) is 0 Å². The molecule has 0 saturated heterocycles. The highest BCUT2D eigenvalue weighted by atomic mass is 79.9. The highest BCUT2D eigenvalue weighted by Crippen LogP contribution is 2.41. The van der Waals surface area contributed by atoms with Crippen LogP contribution in [0.4, 0.5) is 5.69 Å². The summed E-state index contributed by atoms with van der Waals surface area (Å²) in [6.45, 7) is 0. The number of nitrogen functional groups attached to an aromatic ring is 1. The lowest BCUT2D eigenvalue weighted by atomic mass is 10.0. The molecule has 0 spiro atoms. The topological polar surface area (TPSA) is 26.0 Å². The number of nitrogens with two attached hydrogens (primary N) is 1.